The summed E-state index contributed by atoms with van der Waals surface area (Å²) in [5, 5.41) is 8.01. The van der Waals surface area contributed by atoms with E-state index in [0.29, 0.717) is 5.82 Å². The molecule has 1 fully saturated rings. The molecule has 1 aliphatic rings. The molecule has 94 valence electrons. The van der Waals surface area contributed by atoms with Gasteiger partial charge in [-0.15, -0.1) is 10.2 Å². The first-order valence-corrected chi connectivity index (χ1v) is 6.21. The summed E-state index contributed by atoms with van der Waals surface area (Å²) in [5.74, 6) is 2.15. The average molecular weight is 235 g/mol. The highest BCUT2D eigenvalue weighted by Crippen LogP contribution is 2.13. The molecular weight excluding hydrogens is 214 g/mol. The summed E-state index contributed by atoms with van der Waals surface area (Å²) in [6, 6.07) is 3.75. The van der Waals surface area contributed by atoms with Gasteiger partial charge >= 0.3 is 0 Å². The third-order valence-corrected chi connectivity index (χ3v) is 2.99. The topological polar surface area (TPSA) is 58.3 Å². The van der Waals surface area contributed by atoms with Gasteiger partial charge in [-0.05, 0) is 18.1 Å². The monoisotopic (exact) mass is 235 g/mol. The van der Waals surface area contributed by atoms with E-state index in [1.165, 1.54) is 6.54 Å². The quantitative estimate of drug-likeness (QED) is 0.841. The van der Waals surface area contributed by atoms with Gasteiger partial charge in [0.1, 0.15) is 5.82 Å². The molecule has 0 amide bonds. The van der Waals surface area contributed by atoms with Crippen LogP contribution in [0, 0.1) is 5.92 Å². The summed E-state index contributed by atoms with van der Waals surface area (Å²) >= 11 is 0. The van der Waals surface area contributed by atoms with Crippen molar-refractivity contribution in [3.05, 3.63) is 12.1 Å². The zero-order valence-electron chi connectivity index (χ0n) is 10.6. The SMILES string of the molecule is CC(C)CN1CCN(c2ccc(N)nn2)CC1. The smallest absolute Gasteiger partial charge is 0.151 e. The lowest BCUT2D eigenvalue weighted by Crippen LogP contribution is -2.47. The van der Waals surface area contributed by atoms with Crippen molar-refractivity contribution < 1.29 is 0 Å². The van der Waals surface area contributed by atoms with Gasteiger partial charge in [-0.25, -0.2) is 0 Å². The van der Waals surface area contributed by atoms with Crippen LogP contribution in [0.2, 0.25) is 0 Å². The second kappa shape index (κ2) is 5.31. The molecule has 1 aromatic rings. The molecule has 1 saturated heterocycles. The van der Waals surface area contributed by atoms with Crippen LogP contribution < -0.4 is 10.6 Å². The molecule has 0 bridgehead atoms. The number of anilines is 2. The van der Waals surface area contributed by atoms with Crippen LogP contribution >= 0.6 is 0 Å². The lowest BCUT2D eigenvalue weighted by Gasteiger charge is -2.35. The first-order chi connectivity index (χ1) is 8.15. The van der Waals surface area contributed by atoms with Gasteiger partial charge in [0, 0.05) is 32.7 Å². The molecule has 0 aliphatic carbocycles. The van der Waals surface area contributed by atoms with E-state index in [9.17, 15) is 0 Å². The number of aromatic nitrogens is 2. The number of hydrogen-bond acceptors (Lipinski definition) is 5. The number of nitrogens with two attached hydrogens (primary N) is 1. The van der Waals surface area contributed by atoms with Gasteiger partial charge in [-0.1, -0.05) is 13.8 Å². The van der Waals surface area contributed by atoms with Crippen LogP contribution in [-0.2, 0) is 0 Å². The van der Waals surface area contributed by atoms with Gasteiger partial charge in [0.25, 0.3) is 0 Å². The second-order valence-electron chi connectivity index (χ2n) is 5.00. The zero-order valence-corrected chi connectivity index (χ0v) is 10.6. The Morgan fingerprint density at radius 3 is 2.41 bits per heavy atom. The van der Waals surface area contributed by atoms with E-state index < -0.39 is 0 Å². The summed E-state index contributed by atoms with van der Waals surface area (Å²) < 4.78 is 0. The summed E-state index contributed by atoms with van der Waals surface area (Å²) in [7, 11) is 0. The molecule has 0 aromatic carbocycles. The van der Waals surface area contributed by atoms with Gasteiger partial charge < -0.3 is 10.6 Å². The Hall–Kier alpha value is -1.36. The molecule has 5 heteroatoms. The number of rotatable bonds is 3. The molecule has 0 unspecified atom stereocenters. The van der Waals surface area contributed by atoms with Crippen LogP contribution in [0.5, 0.6) is 0 Å². The first kappa shape index (κ1) is 12.1. The lowest BCUT2D eigenvalue weighted by atomic mass is 10.2. The fourth-order valence-electron chi connectivity index (χ4n) is 2.18. The van der Waals surface area contributed by atoms with Crippen LogP contribution in [0.3, 0.4) is 0 Å². The number of piperazine rings is 1. The van der Waals surface area contributed by atoms with Crippen LogP contribution in [0.25, 0.3) is 0 Å². The van der Waals surface area contributed by atoms with Gasteiger partial charge in [0.15, 0.2) is 5.82 Å². The Bertz CT molecular complexity index is 340. The zero-order chi connectivity index (χ0) is 12.3. The van der Waals surface area contributed by atoms with E-state index in [1.807, 2.05) is 12.1 Å². The van der Waals surface area contributed by atoms with E-state index >= 15 is 0 Å². The minimum Gasteiger partial charge on any atom is -0.382 e. The van der Waals surface area contributed by atoms with Crippen LogP contribution in [0.4, 0.5) is 11.6 Å². The Morgan fingerprint density at radius 2 is 1.88 bits per heavy atom. The summed E-state index contributed by atoms with van der Waals surface area (Å²) in [6.07, 6.45) is 0. The molecule has 17 heavy (non-hydrogen) atoms. The number of nitrogen functional groups attached to an aromatic ring is 1. The third-order valence-electron chi connectivity index (χ3n) is 2.99. The highest BCUT2D eigenvalue weighted by Gasteiger charge is 2.18. The molecule has 2 rings (SSSR count). The van der Waals surface area contributed by atoms with Crippen molar-refractivity contribution in [1.29, 1.82) is 0 Å². The predicted octanol–water partition coefficient (Wildman–Crippen LogP) is 0.837. The van der Waals surface area contributed by atoms with Crippen molar-refractivity contribution in [2.45, 2.75) is 13.8 Å². The van der Waals surface area contributed by atoms with Crippen LogP contribution in [-0.4, -0.2) is 47.8 Å². The number of hydrogen-bond donors (Lipinski definition) is 1. The highest BCUT2D eigenvalue weighted by atomic mass is 15.3. The summed E-state index contributed by atoms with van der Waals surface area (Å²) in [5.41, 5.74) is 5.53. The van der Waals surface area contributed by atoms with Gasteiger partial charge in [0.2, 0.25) is 0 Å². The maximum Gasteiger partial charge on any atom is 0.151 e. The normalized spacial score (nSPS) is 17.7. The maximum absolute atomic E-state index is 5.53. The van der Waals surface area contributed by atoms with E-state index in [4.69, 9.17) is 5.73 Å². The summed E-state index contributed by atoms with van der Waals surface area (Å²) in [4.78, 5) is 4.77. The molecule has 0 spiro atoms. The van der Waals surface area contributed by atoms with E-state index in [2.05, 4.69) is 33.8 Å². The fraction of sp³-hybridized carbons (Fsp3) is 0.667. The van der Waals surface area contributed by atoms with Gasteiger partial charge in [-0.2, -0.15) is 0 Å². The van der Waals surface area contributed by atoms with Crippen molar-refractivity contribution >= 4 is 11.6 Å². The average Bonchev–Trinajstić information content (AvgIpc) is 2.30. The fourth-order valence-corrected chi connectivity index (χ4v) is 2.18. The molecule has 0 atom stereocenters. The second-order valence-corrected chi connectivity index (χ2v) is 5.00. The largest absolute Gasteiger partial charge is 0.382 e. The molecular formula is C12H21N5. The Morgan fingerprint density at radius 1 is 1.18 bits per heavy atom. The molecule has 0 radical (unpaired) electrons. The van der Waals surface area contributed by atoms with Crippen molar-refractivity contribution in [1.82, 2.24) is 15.1 Å². The van der Waals surface area contributed by atoms with Crippen molar-refractivity contribution in [2.24, 2.45) is 5.92 Å². The van der Waals surface area contributed by atoms with Crippen LogP contribution in [0.15, 0.2) is 12.1 Å². The van der Waals surface area contributed by atoms with Crippen molar-refractivity contribution in [3.63, 3.8) is 0 Å². The summed E-state index contributed by atoms with van der Waals surface area (Å²) in [6.45, 7) is 9.95. The Kier molecular flexibility index (Phi) is 3.78. The van der Waals surface area contributed by atoms with Crippen LogP contribution in [0.1, 0.15) is 13.8 Å². The molecule has 2 heterocycles. The van der Waals surface area contributed by atoms with E-state index in [-0.39, 0.29) is 0 Å². The predicted molar refractivity (Wildman–Crippen MR) is 69.9 cm³/mol. The molecule has 2 N–H and O–H groups in total. The highest BCUT2D eigenvalue weighted by molar-refractivity contribution is 5.41. The van der Waals surface area contributed by atoms with E-state index in [1.54, 1.807) is 0 Å². The van der Waals surface area contributed by atoms with E-state index in [0.717, 1.165) is 37.9 Å². The first-order valence-electron chi connectivity index (χ1n) is 6.21. The van der Waals surface area contributed by atoms with Crippen molar-refractivity contribution in [2.75, 3.05) is 43.4 Å². The Balaban J connectivity index is 1.88. The maximum atomic E-state index is 5.53. The van der Waals surface area contributed by atoms with Gasteiger partial charge in [-0.3, -0.25) is 4.90 Å². The third kappa shape index (κ3) is 3.30. The Labute approximate surface area is 103 Å². The lowest BCUT2D eigenvalue weighted by molar-refractivity contribution is 0.231. The van der Waals surface area contributed by atoms with Crippen molar-refractivity contribution in [3.8, 4) is 0 Å². The van der Waals surface area contributed by atoms with Gasteiger partial charge in [0.05, 0.1) is 0 Å². The molecule has 5 nitrogen and oxygen atoms in total. The number of nitrogens with zero attached hydrogens (tertiary/aromatic N) is 4. The minimum atomic E-state index is 0.479. The minimum absolute atomic E-state index is 0.479. The molecule has 0 saturated carbocycles. The molecule has 1 aliphatic heterocycles. The standard InChI is InChI=1S/C12H21N5/c1-10(2)9-16-5-7-17(8-6-16)12-4-3-11(13)14-15-12/h3-4,10H,5-9H2,1-2H3,(H2,13,14). The molecule has 1 aromatic heterocycles.